The van der Waals surface area contributed by atoms with E-state index in [-0.39, 0.29) is 0 Å². The molecule has 0 unspecified atom stereocenters. The lowest BCUT2D eigenvalue weighted by atomic mass is 10.1. The largest absolute Gasteiger partial charge is 0.353 e. The smallest absolute Gasteiger partial charge is 0.175 e. The second-order valence-corrected chi connectivity index (χ2v) is 4.83. The predicted octanol–water partition coefficient (Wildman–Crippen LogP) is 3.96. The van der Waals surface area contributed by atoms with Crippen LogP contribution in [0.15, 0.2) is 41.1 Å². The molecule has 0 aliphatic carbocycles. The summed E-state index contributed by atoms with van der Waals surface area (Å²) in [5, 5.41) is 2.45. The number of aromatic nitrogens is 3. The van der Waals surface area contributed by atoms with Gasteiger partial charge in [-0.25, -0.2) is 4.98 Å². The molecule has 0 saturated carbocycles. The molecule has 0 aliphatic heterocycles. The molecule has 0 saturated heterocycles. The van der Waals surface area contributed by atoms with Crippen LogP contribution in [-0.4, -0.2) is 15.0 Å². The summed E-state index contributed by atoms with van der Waals surface area (Å²) < 4.78 is 0.763. The lowest BCUT2D eigenvalue weighted by Crippen LogP contribution is -1.72. The van der Waals surface area contributed by atoms with Gasteiger partial charge in [0.25, 0.3) is 0 Å². The van der Waals surface area contributed by atoms with Crippen molar-refractivity contribution in [1.29, 1.82) is 0 Å². The number of imidazole rings is 1. The molecule has 0 spiro atoms. The van der Waals surface area contributed by atoms with Gasteiger partial charge in [-0.3, -0.25) is 0 Å². The van der Waals surface area contributed by atoms with Crippen LogP contribution in [-0.2, 0) is 0 Å². The van der Waals surface area contributed by atoms with Gasteiger partial charge in [0.15, 0.2) is 4.73 Å². The Labute approximate surface area is 105 Å². The van der Waals surface area contributed by atoms with E-state index >= 15 is 0 Å². The quantitative estimate of drug-likeness (QED) is 0.505. The summed E-state index contributed by atoms with van der Waals surface area (Å²) in [7, 11) is 0. The topological polar surface area (TPSA) is 44.5 Å². The molecule has 2 N–H and O–H groups in total. The van der Waals surface area contributed by atoms with E-state index in [2.05, 4.69) is 61.2 Å². The molecule has 4 aromatic rings. The third-order valence-corrected chi connectivity index (χ3v) is 3.48. The predicted molar refractivity (Wildman–Crippen MR) is 73.2 cm³/mol. The van der Waals surface area contributed by atoms with Gasteiger partial charge < -0.3 is 9.97 Å². The standard InChI is InChI=1S/C13H8BrN3/c14-13-16-10-6-5-8-7-3-1-2-4-9(7)15-11(8)12(10)17-13/h1-6,15H,(H,16,17). The van der Waals surface area contributed by atoms with Gasteiger partial charge in [0.1, 0.15) is 5.52 Å². The van der Waals surface area contributed by atoms with Crippen LogP contribution in [0, 0.1) is 0 Å². The van der Waals surface area contributed by atoms with Gasteiger partial charge in [0.05, 0.1) is 11.0 Å². The highest BCUT2D eigenvalue weighted by Crippen LogP contribution is 2.30. The Morgan fingerprint density at radius 1 is 0.882 bits per heavy atom. The first kappa shape index (κ1) is 9.24. The number of benzene rings is 2. The molecule has 0 fully saturated rings. The Kier molecular flexibility index (Phi) is 1.69. The fourth-order valence-electron chi connectivity index (χ4n) is 2.36. The number of fused-ring (bicyclic) bond motifs is 5. The highest BCUT2D eigenvalue weighted by Gasteiger charge is 2.09. The van der Waals surface area contributed by atoms with E-state index in [4.69, 9.17) is 0 Å². The van der Waals surface area contributed by atoms with Gasteiger partial charge in [0.2, 0.25) is 0 Å². The molecule has 2 aromatic carbocycles. The molecular weight excluding hydrogens is 278 g/mol. The molecule has 0 bridgehead atoms. The van der Waals surface area contributed by atoms with Gasteiger partial charge in [0, 0.05) is 16.3 Å². The molecule has 0 radical (unpaired) electrons. The van der Waals surface area contributed by atoms with Crippen molar-refractivity contribution in [3.05, 3.63) is 41.1 Å². The van der Waals surface area contributed by atoms with Crippen molar-refractivity contribution in [2.75, 3.05) is 0 Å². The fraction of sp³-hybridized carbons (Fsp3) is 0. The number of H-pyrrole nitrogens is 2. The Balaban J connectivity index is 2.33. The van der Waals surface area contributed by atoms with Crippen LogP contribution in [0.1, 0.15) is 0 Å². The first-order valence-corrected chi connectivity index (χ1v) is 6.17. The van der Waals surface area contributed by atoms with Crippen molar-refractivity contribution in [1.82, 2.24) is 15.0 Å². The molecule has 2 heterocycles. The maximum absolute atomic E-state index is 4.47. The molecule has 17 heavy (non-hydrogen) atoms. The summed E-state index contributed by atoms with van der Waals surface area (Å²) in [4.78, 5) is 11.1. The minimum absolute atomic E-state index is 0.763. The first-order valence-electron chi connectivity index (χ1n) is 5.37. The zero-order valence-electron chi connectivity index (χ0n) is 8.79. The summed E-state index contributed by atoms with van der Waals surface area (Å²) in [5.74, 6) is 0. The van der Waals surface area contributed by atoms with Crippen LogP contribution in [0.5, 0.6) is 0 Å². The molecule has 3 nitrogen and oxygen atoms in total. The first-order chi connectivity index (χ1) is 8.33. The number of hydrogen-bond acceptors (Lipinski definition) is 1. The Bertz CT molecular complexity index is 857. The zero-order chi connectivity index (χ0) is 11.4. The van der Waals surface area contributed by atoms with Crippen LogP contribution in [0.25, 0.3) is 32.8 Å². The van der Waals surface area contributed by atoms with Crippen LogP contribution < -0.4 is 0 Å². The van der Waals surface area contributed by atoms with Crippen molar-refractivity contribution < 1.29 is 0 Å². The maximum Gasteiger partial charge on any atom is 0.175 e. The van der Waals surface area contributed by atoms with Crippen molar-refractivity contribution in [3.8, 4) is 0 Å². The minimum Gasteiger partial charge on any atom is -0.353 e. The van der Waals surface area contributed by atoms with E-state index in [1.54, 1.807) is 0 Å². The highest BCUT2D eigenvalue weighted by molar-refractivity contribution is 9.10. The van der Waals surface area contributed by atoms with Crippen molar-refractivity contribution >= 4 is 48.8 Å². The average Bonchev–Trinajstić information content (AvgIpc) is 2.87. The Morgan fingerprint density at radius 3 is 2.71 bits per heavy atom. The van der Waals surface area contributed by atoms with Crippen molar-refractivity contribution in [3.63, 3.8) is 0 Å². The molecule has 0 amide bonds. The van der Waals surface area contributed by atoms with Gasteiger partial charge in [-0.2, -0.15) is 0 Å². The lowest BCUT2D eigenvalue weighted by Gasteiger charge is -1.91. The van der Waals surface area contributed by atoms with Gasteiger partial charge in [-0.1, -0.05) is 18.2 Å². The van der Waals surface area contributed by atoms with Crippen LogP contribution >= 0.6 is 15.9 Å². The normalized spacial score (nSPS) is 11.8. The molecular formula is C13H8BrN3. The highest BCUT2D eigenvalue weighted by atomic mass is 79.9. The van der Waals surface area contributed by atoms with Crippen molar-refractivity contribution in [2.45, 2.75) is 0 Å². The lowest BCUT2D eigenvalue weighted by molar-refractivity contribution is 1.27. The van der Waals surface area contributed by atoms with Crippen LogP contribution in [0.3, 0.4) is 0 Å². The summed E-state index contributed by atoms with van der Waals surface area (Å²) in [6, 6.07) is 12.5. The van der Waals surface area contributed by atoms with Crippen LogP contribution in [0.4, 0.5) is 0 Å². The van der Waals surface area contributed by atoms with E-state index in [1.165, 1.54) is 10.8 Å². The summed E-state index contributed by atoms with van der Waals surface area (Å²) in [5.41, 5.74) is 4.25. The number of para-hydroxylation sites is 1. The number of hydrogen-bond donors (Lipinski definition) is 2. The third kappa shape index (κ3) is 1.18. The number of aromatic amines is 2. The second-order valence-electron chi connectivity index (χ2n) is 4.08. The minimum atomic E-state index is 0.763. The Hall–Kier alpha value is -1.81. The Morgan fingerprint density at radius 2 is 1.76 bits per heavy atom. The van der Waals surface area contributed by atoms with Crippen LogP contribution in [0.2, 0.25) is 0 Å². The average molecular weight is 286 g/mol. The summed E-state index contributed by atoms with van der Waals surface area (Å²) in [6.45, 7) is 0. The van der Waals surface area contributed by atoms with E-state index in [9.17, 15) is 0 Å². The monoisotopic (exact) mass is 285 g/mol. The summed E-state index contributed by atoms with van der Waals surface area (Å²) >= 11 is 3.37. The van der Waals surface area contributed by atoms with E-state index in [0.29, 0.717) is 0 Å². The maximum atomic E-state index is 4.47. The number of rotatable bonds is 0. The van der Waals surface area contributed by atoms with E-state index in [1.807, 2.05) is 6.07 Å². The SMILES string of the molecule is Brc1nc2c(ccc3c4ccccc4[nH]c32)[nH]1. The van der Waals surface area contributed by atoms with Gasteiger partial charge in [-0.15, -0.1) is 0 Å². The second kappa shape index (κ2) is 3.11. The van der Waals surface area contributed by atoms with Gasteiger partial charge >= 0.3 is 0 Å². The van der Waals surface area contributed by atoms with Crippen molar-refractivity contribution in [2.24, 2.45) is 0 Å². The molecule has 2 aromatic heterocycles. The summed E-state index contributed by atoms with van der Waals surface area (Å²) in [6.07, 6.45) is 0. The molecule has 82 valence electrons. The third-order valence-electron chi connectivity index (χ3n) is 3.10. The van der Waals surface area contributed by atoms with E-state index in [0.717, 1.165) is 26.8 Å². The number of nitrogens with one attached hydrogen (secondary N) is 2. The van der Waals surface area contributed by atoms with E-state index < -0.39 is 0 Å². The number of halogens is 1. The zero-order valence-corrected chi connectivity index (χ0v) is 10.4. The fourth-order valence-corrected chi connectivity index (χ4v) is 2.75. The number of nitrogens with zero attached hydrogens (tertiary/aromatic N) is 1. The molecule has 4 heteroatoms. The molecule has 0 aliphatic rings. The molecule has 0 atom stereocenters. The molecule has 4 rings (SSSR count). The van der Waals surface area contributed by atoms with Gasteiger partial charge in [-0.05, 0) is 34.1 Å².